The van der Waals surface area contributed by atoms with Crippen molar-refractivity contribution in [1.82, 2.24) is 5.32 Å². The van der Waals surface area contributed by atoms with Crippen molar-refractivity contribution in [3.63, 3.8) is 0 Å². The molecule has 4 nitrogen and oxygen atoms in total. The number of para-hydroxylation sites is 1. The molecule has 0 radical (unpaired) electrons. The van der Waals surface area contributed by atoms with Gasteiger partial charge >= 0.3 is 0 Å². The quantitative estimate of drug-likeness (QED) is 0.775. The van der Waals surface area contributed by atoms with Crippen molar-refractivity contribution >= 4 is 35.2 Å². The van der Waals surface area contributed by atoms with Gasteiger partial charge in [0.15, 0.2) is 0 Å². The lowest BCUT2D eigenvalue weighted by molar-refractivity contribution is -0.111. The van der Waals surface area contributed by atoms with Crippen LogP contribution in [-0.2, 0) is 4.79 Å². The Labute approximate surface area is 146 Å². The van der Waals surface area contributed by atoms with Crippen LogP contribution in [0.5, 0.6) is 0 Å². The predicted octanol–water partition coefficient (Wildman–Crippen LogP) is 4.13. The largest absolute Gasteiger partial charge is 0.352 e. The third-order valence-electron chi connectivity index (χ3n) is 3.28. The minimum atomic E-state index is -0.328. The standard InChI is InChI=1S/C19H19ClN2O2/c1-2-13-21-19(24)15-8-4-6-10-17(15)22-18(23)12-11-14-7-3-5-9-16(14)20/h3-12H,2,13H2,1H3,(H,21,24)(H,22,23). The van der Waals surface area contributed by atoms with Crippen molar-refractivity contribution in [2.75, 3.05) is 11.9 Å². The molecule has 0 aliphatic rings. The zero-order valence-electron chi connectivity index (χ0n) is 13.4. The van der Waals surface area contributed by atoms with Crippen LogP contribution < -0.4 is 10.6 Å². The second-order valence-corrected chi connectivity index (χ2v) is 5.55. The smallest absolute Gasteiger partial charge is 0.253 e. The summed E-state index contributed by atoms with van der Waals surface area (Å²) in [6, 6.07) is 14.1. The molecule has 124 valence electrons. The van der Waals surface area contributed by atoms with Crippen LogP contribution in [-0.4, -0.2) is 18.4 Å². The molecule has 0 fully saturated rings. The van der Waals surface area contributed by atoms with Gasteiger partial charge in [-0.2, -0.15) is 0 Å². The molecule has 2 N–H and O–H groups in total. The number of carbonyl (C=O) groups excluding carboxylic acids is 2. The summed E-state index contributed by atoms with van der Waals surface area (Å²) in [7, 11) is 0. The highest BCUT2D eigenvalue weighted by atomic mass is 35.5. The van der Waals surface area contributed by atoms with Gasteiger partial charge in [-0.3, -0.25) is 9.59 Å². The van der Waals surface area contributed by atoms with Gasteiger partial charge in [0.25, 0.3) is 5.91 Å². The van der Waals surface area contributed by atoms with Gasteiger partial charge in [-0.05, 0) is 36.3 Å². The van der Waals surface area contributed by atoms with E-state index in [2.05, 4.69) is 10.6 Å². The second-order valence-electron chi connectivity index (χ2n) is 5.15. The van der Waals surface area contributed by atoms with Crippen LogP contribution in [0.25, 0.3) is 6.08 Å². The molecule has 0 aliphatic carbocycles. The fourth-order valence-electron chi connectivity index (χ4n) is 2.07. The van der Waals surface area contributed by atoms with Gasteiger partial charge in [-0.25, -0.2) is 0 Å². The fourth-order valence-corrected chi connectivity index (χ4v) is 2.27. The van der Waals surface area contributed by atoms with Crippen molar-refractivity contribution in [2.24, 2.45) is 0 Å². The number of amides is 2. The first-order valence-electron chi connectivity index (χ1n) is 7.72. The van der Waals surface area contributed by atoms with Gasteiger partial charge < -0.3 is 10.6 Å². The topological polar surface area (TPSA) is 58.2 Å². The number of carbonyl (C=O) groups is 2. The van der Waals surface area contributed by atoms with Crippen LogP contribution in [0.1, 0.15) is 29.3 Å². The summed E-state index contributed by atoms with van der Waals surface area (Å²) in [4.78, 5) is 24.2. The number of hydrogen-bond acceptors (Lipinski definition) is 2. The molecule has 2 aromatic rings. The van der Waals surface area contributed by atoms with Crippen LogP contribution in [0.4, 0.5) is 5.69 Å². The molecular weight excluding hydrogens is 324 g/mol. The van der Waals surface area contributed by atoms with Crippen molar-refractivity contribution in [2.45, 2.75) is 13.3 Å². The monoisotopic (exact) mass is 342 g/mol. The molecule has 0 unspecified atom stereocenters. The van der Waals surface area contributed by atoms with E-state index < -0.39 is 0 Å². The van der Waals surface area contributed by atoms with Gasteiger partial charge in [-0.1, -0.05) is 48.9 Å². The highest BCUT2D eigenvalue weighted by Crippen LogP contribution is 2.17. The van der Waals surface area contributed by atoms with E-state index in [0.29, 0.717) is 22.8 Å². The first-order chi connectivity index (χ1) is 11.6. The number of halogens is 1. The maximum Gasteiger partial charge on any atom is 0.253 e. The zero-order chi connectivity index (χ0) is 17.4. The van der Waals surface area contributed by atoms with Gasteiger partial charge in [0.05, 0.1) is 11.3 Å². The van der Waals surface area contributed by atoms with Crippen LogP contribution >= 0.6 is 11.6 Å². The van der Waals surface area contributed by atoms with Crippen molar-refractivity contribution < 1.29 is 9.59 Å². The molecule has 0 bridgehead atoms. The average molecular weight is 343 g/mol. The fraction of sp³-hybridized carbons (Fsp3) is 0.158. The Balaban J connectivity index is 2.09. The molecule has 0 atom stereocenters. The summed E-state index contributed by atoms with van der Waals surface area (Å²) in [6.07, 6.45) is 3.88. The summed E-state index contributed by atoms with van der Waals surface area (Å²) in [5, 5.41) is 6.10. The Morgan fingerprint density at radius 3 is 2.54 bits per heavy atom. The highest BCUT2D eigenvalue weighted by molar-refractivity contribution is 6.32. The third kappa shape index (κ3) is 4.96. The first kappa shape index (κ1) is 17.8. The van der Waals surface area contributed by atoms with Crippen molar-refractivity contribution in [1.29, 1.82) is 0 Å². The molecule has 0 spiro atoms. The van der Waals surface area contributed by atoms with E-state index >= 15 is 0 Å². The molecule has 5 heteroatoms. The molecule has 24 heavy (non-hydrogen) atoms. The Kier molecular flexibility index (Phi) is 6.58. The van der Waals surface area contributed by atoms with E-state index in [1.165, 1.54) is 6.08 Å². The number of hydrogen-bond donors (Lipinski definition) is 2. The van der Waals surface area contributed by atoms with E-state index in [4.69, 9.17) is 11.6 Å². The Morgan fingerprint density at radius 2 is 1.79 bits per heavy atom. The summed E-state index contributed by atoms with van der Waals surface area (Å²) in [6.45, 7) is 2.57. The number of anilines is 1. The molecule has 2 rings (SSSR count). The average Bonchev–Trinajstić information content (AvgIpc) is 2.59. The summed E-state index contributed by atoms with van der Waals surface area (Å²) < 4.78 is 0. The van der Waals surface area contributed by atoms with Crippen LogP contribution in [0.3, 0.4) is 0 Å². The predicted molar refractivity (Wildman–Crippen MR) is 98.2 cm³/mol. The summed E-state index contributed by atoms with van der Waals surface area (Å²) >= 11 is 6.05. The molecule has 2 amide bonds. The van der Waals surface area contributed by atoms with Crippen molar-refractivity contribution in [3.8, 4) is 0 Å². The number of nitrogens with one attached hydrogen (secondary N) is 2. The van der Waals surface area contributed by atoms with E-state index in [9.17, 15) is 9.59 Å². The van der Waals surface area contributed by atoms with Crippen LogP contribution in [0, 0.1) is 0 Å². The minimum Gasteiger partial charge on any atom is -0.352 e. The number of benzene rings is 2. The molecule has 0 aliphatic heterocycles. The SMILES string of the molecule is CCCNC(=O)c1ccccc1NC(=O)C=Cc1ccccc1Cl. The summed E-state index contributed by atoms with van der Waals surface area (Å²) in [5.74, 6) is -0.534. The Bertz CT molecular complexity index is 757. The Morgan fingerprint density at radius 1 is 1.08 bits per heavy atom. The van der Waals surface area contributed by atoms with Crippen molar-refractivity contribution in [3.05, 3.63) is 70.8 Å². The van der Waals surface area contributed by atoms with Gasteiger partial charge in [0.1, 0.15) is 0 Å². The van der Waals surface area contributed by atoms with Crippen LogP contribution in [0.2, 0.25) is 5.02 Å². The van der Waals surface area contributed by atoms with Gasteiger partial charge in [-0.15, -0.1) is 0 Å². The van der Waals surface area contributed by atoms with E-state index in [-0.39, 0.29) is 11.8 Å². The minimum absolute atomic E-state index is 0.206. The van der Waals surface area contributed by atoms with E-state index in [1.807, 2.05) is 25.1 Å². The normalized spacial score (nSPS) is 10.6. The summed E-state index contributed by atoms with van der Waals surface area (Å²) in [5.41, 5.74) is 1.66. The highest BCUT2D eigenvalue weighted by Gasteiger charge is 2.11. The van der Waals surface area contributed by atoms with Crippen LogP contribution in [0.15, 0.2) is 54.6 Å². The van der Waals surface area contributed by atoms with E-state index in [0.717, 1.165) is 12.0 Å². The zero-order valence-corrected chi connectivity index (χ0v) is 14.1. The first-order valence-corrected chi connectivity index (χ1v) is 8.10. The third-order valence-corrected chi connectivity index (χ3v) is 3.63. The number of rotatable bonds is 6. The van der Waals surface area contributed by atoms with E-state index in [1.54, 1.807) is 36.4 Å². The lowest BCUT2D eigenvalue weighted by Gasteiger charge is -2.10. The maximum absolute atomic E-state index is 12.1. The maximum atomic E-state index is 12.1. The molecule has 2 aromatic carbocycles. The molecule has 0 aromatic heterocycles. The second kappa shape index (κ2) is 8.89. The lowest BCUT2D eigenvalue weighted by atomic mass is 10.1. The van der Waals surface area contributed by atoms with Gasteiger partial charge in [0, 0.05) is 17.6 Å². The Hall–Kier alpha value is -2.59. The molecule has 0 saturated heterocycles. The molecular formula is C19H19ClN2O2. The molecule has 0 saturated carbocycles. The molecule has 0 heterocycles. The lowest BCUT2D eigenvalue weighted by Crippen LogP contribution is -2.25. The van der Waals surface area contributed by atoms with Gasteiger partial charge in [0.2, 0.25) is 5.91 Å².